The molecule has 1 heterocycles. The van der Waals surface area contributed by atoms with E-state index in [2.05, 4.69) is 6.07 Å². The molecule has 2 N–H and O–H groups in total. The van der Waals surface area contributed by atoms with Crippen LogP contribution < -0.4 is 24.7 Å². The third-order valence-corrected chi connectivity index (χ3v) is 7.25. The molecule has 5 aromatic rings. The number of hydrogen-bond donors (Lipinski definition) is 1. The normalized spacial score (nSPS) is 13.9. The van der Waals surface area contributed by atoms with Gasteiger partial charge in [0.25, 0.3) is 0 Å². The molecule has 1 unspecified atom stereocenters. The molecule has 0 bridgehead atoms. The first-order valence-electron chi connectivity index (χ1n) is 13.9. The Morgan fingerprint density at radius 3 is 2.49 bits per heavy atom. The Labute approximate surface area is 249 Å². The summed E-state index contributed by atoms with van der Waals surface area (Å²) in [6, 6.07) is 35.9. The van der Waals surface area contributed by atoms with Gasteiger partial charge in [-0.05, 0) is 53.1 Å². The molecule has 7 heteroatoms. The smallest absolute Gasteiger partial charge is 0.344 e. The largest absolute Gasteiger partial charge is 0.490 e. The Bertz CT molecular complexity index is 1890. The molecule has 43 heavy (non-hydrogen) atoms. The molecule has 0 spiro atoms. The van der Waals surface area contributed by atoms with Crippen LogP contribution in [0.3, 0.4) is 0 Å². The SMILES string of the molecule is CCOc1cc(C2C(C#N)=C(N)Oc3cc(OC(=O)c4cccc5ccccc45)ccc32)ccc1OCc1ccccc1. The summed E-state index contributed by atoms with van der Waals surface area (Å²) in [6.45, 7) is 2.72. The minimum Gasteiger partial charge on any atom is -0.490 e. The average molecular weight is 569 g/mol. The Kier molecular flexibility index (Phi) is 7.66. The number of fused-ring (bicyclic) bond motifs is 2. The number of ether oxygens (including phenoxy) is 4. The van der Waals surface area contributed by atoms with Crippen LogP contribution in [-0.2, 0) is 6.61 Å². The van der Waals surface area contributed by atoms with E-state index >= 15 is 0 Å². The molecular formula is C36H28N2O5. The predicted molar refractivity (Wildman–Crippen MR) is 163 cm³/mol. The molecule has 0 aromatic heterocycles. The van der Waals surface area contributed by atoms with Crippen molar-refractivity contribution < 1.29 is 23.7 Å². The number of allylic oxidation sites excluding steroid dienone is 1. The Hall–Kier alpha value is -5.74. The van der Waals surface area contributed by atoms with Crippen LogP contribution in [0.15, 0.2) is 121 Å². The number of benzene rings is 5. The van der Waals surface area contributed by atoms with E-state index in [0.29, 0.717) is 47.3 Å². The zero-order valence-electron chi connectivity index (χ0n) is 23.4. The summed E-state index contributed by atoms with van der Waals surface area (Å²) in [5.74, 6) is 0.806. The fraction of sp³-hybridized carbons (Fsp3) is 0.111. The van der Waals surface area contributed by atoms with Crippen molar-refractivity contribution in [3.8, 4) is 29.1 Å². The van der Waals surface area contributed by atoms with Crippen LogP contribution in [0.5, 0.6) is 23.0 Å². The Morgan fingerprint density at radius 1 is 0.884 bits per heavy atom. The predicted octanol–water partition coefficient (Wildman–Crippen LogP) is 7.25. The highest BCUT2D eigenvalue weighted by Crippen LogP contribution is 2.45. The van der Waals surface area contributed by atoms with E-state index in [1.807, 2.05) is 91.9 Å². The second-order valence-electron chi connectivity index (χ2n) is 9.95. The maximum Gasteiger partial charge on any atom is 0.344 e. The first-order valence-corrected chi connectivity index (χ1v) is 13.9. The summed E-state index contributed by atoms with van der Waals surface area (Å²) in [5.41, 5.74) is 9.49. The monoisotopic (exact) mass is 568 g/mol. The summed E-state index contributed by atoms with van der Waals surface area (Å²) in [4.78, 5) is 13.2. The molecule has 0 amide bonds. The van der Waals surface area contributed by atoms with Crippen LogP contribution in [0.4, 0.5) is 0 Å². The van der Waals surface area contributed by atoms with Crippen molar-refractivity contribution in [2.24, 2.45) is 5.73 Å². The number of hydrogen-bond acceptors (Lipinski definition) is 7. The van der Waals surface area contributed by atoms with Gasteiger partial charge in [0.1, 0.15) is 29.7 Å². The van der Waals surface area contributed by atoms with Crippen molar-refractivity contribution in [3.63, 3.8) is 0 Å². The lowest BCUT2D eigenvalue weighted by Gasteiger charge is -2.27. The zero-order valence-corrected chi connectivity index (χ0v) is 23.4. The third kappa shape index (κ3) is 5.59. The summed E-state index contributed by atoms with van der Waals surface area (Å²) in [7, 11) is 0. The number of rotatable bonds is 8. The standard InChI is InChI=1S/C36H28N2O5/c1-2-40-33-19-25(15-18-31(33)41-22-23-9-4-3-5-10-23)34-29-17-16-26(20-32(29)43-35(38)30(34)21-37)42-36(39)28-14-8-12-24-11-6-7-13-27(24)28/h3-20,34H,2,22,38H2,1H3. The molecule has 6 rings (SSSR count). The van der Waals surface area contributed by atoms with E-state index in [4.69, 9.17) is 24.7 Å². The van der Waals surface area contributed by atoms with Crippen LogP contribution in [0.25, 0.3) is 10.8 Å². The molecule has 0 aliphatic carbocycles. The third-order valence-electron chi connectivity index (χ3n) is 7.25. The number of carbonyl (C=O) groups is 1. The second kappa shape index (κ2) is 12.0. The number of nitrogens with two attached hydrogens (primary N) is 1. The van der Waals surface area contributed by atoms with E-state index in [1.54, 1.807) is 24.3 Å². The minimum absolute atomic E-state index is 0.0140. The topological polar surface area (TPSA) is 104 Å². The first kappa shape index (κ1) is 27.4. The van der Waals surface area contributed by atoms with Gasteiger partial charge in [-0.3, -0.25) is 0 Å². The van der Waals surface area contributed by atoms with E-state index in [-0.39, 0.29) is 11.5 Å². The molecule has 0 saturated heterocycles. The molecule has 0 fully saturated rings. The molecule has 0 radical (unpaired) electrons. The van der Waals surface area contributed by atoms with E-state index in [0.717, 1.165) is 21.9 Å². The van der Waals surface area contributed by atoms with E-state index < -0.39 is 11.9 Å². The molecule has 1 aliphatic rings. The van der Waals surface area contributed by atoms with Crippen LogP contribution >= 0.6 is 0 Å². The average Bonchev–Trinajstić information content (AvgIpc) is 3.03. The molecular weight excluding hydrogens is 540 g/mol. The molecule has 1 atom stereocenters. The zero-order chi connectivity index (χ0) is 29.8. The molecule has 212 valence electrons. The highest BCUT2D eigenvalue weighted by molar-refractivity contribution is 6.05. The van der Waals surface area contributed by atoms with Crippen LogP contribution in [0.1, 0.15) is 39.9 Å². The van der Waals surface area contributed by atoms with E-state index in [1.165, 1.54) is 0 Å². The molecule has 1 aliphatic heterocycles. The van der Waals surface area contributed by atoms with Gasteiger partial charge < -0.3 is 24.7 Å². The van der Waals surface area contributed by atoms with Crippen molar-refractivity contribution in [2.75, 3.05) is 6.61 Å². The number of esters is 1. The van der Waals surface area contributed by atoms with Gasteiger partial charge in [-0.15, -0.1) is 0 Å². The van der Waals surface area contributed by atoms with Crippen molar-refractivity contribution in [3.05, 3.63) is 143 Å². The summed E-state index contributed by atoms with van der Waals surface area (Å²) >= 11 is 0. The summed E-state index contributed by atoms with van der Waals surface area (Å²) < 4.78 is 23.6. The lowest BCUT2D eigenvalue weighted by atomic mass is 9.83. The van der Waals surface area contributed by atoms with Crippen molar-refractivity contribution in [1.82, 2.24) is 0 Å². The van der Waals surface area contributed by atoms with E-state index in [9.17, 15) is 10.1 Å². The molecule has 7 nitrogen and oxygen atoms in total. The van der Waals surface area contributed by atoms with Gasteiger partial charge in [0.15, 0.2) is 11.5 Å². The Morgan fingerprint density at radius 2 is 1.67 bits per heavy atom. The molecule has 0 saturated carbocycles. The summed E-state index contributed by atoms with van der Waals surface area (Å²) in [6.07, 6.45) is 0. The number of carbonyl (C=O) groups excluding carboxylic acids is 1. The van der Waals surface area contributed by atoms with Crippen LogP contribution in [0.2, 0.25) is 0 Å². The van der Waals surface area contributed by atoms with Gasteiger partial charge in [-0.2, -0.15) is 5.26 Å². The van der Waals surface area contributed by atoms with Gasteiger partial charge in [0.2, 0.25) is 5.88 Å². The molecule has 5 aromatic carbocycles. The first-order chi connectivity index (χ1) is 21.1. The quantitative estimate of drug-likeness (QED) is 0.155. The van der Waals surface area contributed by atoms with Gasteiger partial charge in [-0.1, -0.05) is 78.9 Å². The second-order valence-corrected chi connectivity index (χ2v) is 9.95. The highest BCUT2D eigenvalue weighted by atomic mass is 16.5. The highest BCUT2D eigenvalue weighted by Gasteiger charge is 2.32. The van der Waals surface area contributed by atoms with Crippen LogP contribution in [0, 0.1) is 11.3 Å². The minimum atomic E-state index is -0.529. The van der Waals surface area contributed by atoms with Gasteiger partial charge in [-0.25, -0.2) is 4.79 Å². The van der Waals surface area contributed by atoms with Gasteiger partial charge >= 0.3 is 5.97 Å². The van der Waals surface area contributed by atoms with Crippen molar-refractivity contribution >= 4 is 16.7 Å². The fourth-order valence-electron chi connectivity index (χ4n) is 5.23. The maximum atomic E-state index is 13.2. The van der Waals surface area contributed by atoms with Crippen molar-refractivity contribution in [1.29, 1.82) is 5.26 Å². The summed E-state index contributed by atoms with van der Waals surface area (Å²) in [5, 5.41) is 11.8. The lowest BCUT2D eigenvalue weighted by molar-refractivity contribution is 0.0736. The van der Waals surface area contributed by atoms with Gasteiger partial charge in [0.05, 0.1) is 18.1 Å². The fourth-order valence-corrected chi connectivity index (χ4v) is 5.23. The maximum absolute atomic E-state index is 13.2. The van der Waals surface area contributed by atoms with Crippen LogP contribution in [-0.4, -0.2) is 12.6 Å². The number of nitrogens with zero attached hydrogens (tertiary/aromatic N) is 1. The Balaban J connectivity index is 1.31. The van der Waals surface area contributed by atoms with Crippen molar-refractivity contribution in [2.45, 2.75) is 19.4 Å². The lowest BCUT2D eigenvalue weighted by Crippen LogP contribution is -2.21. The number of nitriles is 1. The van der Waals surface area contributed by atoms with Gasteiger partial charge in [0, 0.05) is 11.6 Å².